The summed E-state index contributed by atoms with van der Waals surface area (Å²) in [6.45, 7) is 4.80. The average molecular weight is 284 g/mol. The van der Waals surface area contributed by atoms with Crippen molar-refractivity contribution in [1.82, 2.24) is 4.98 Å². The fourth-order valence-corrected chi connectivity index (χ4v) is 3.32. The molecule has 4 heteroatoms. The number of rotatable bonds is 3. The molecule has 1 aliphatic heterocycles. The Bertz CT molecular complexity index is 725. The third-order valence-electron chi connectivity index (χ3n) is 4.42. The van der Waals surface area contributed by atoms with Crippen molar-refractivity contribution >= 4 is 10.9 Å². The van der Waals surface area contributed by atoms with Crippen LogP contribution in [0.1, 0.15) is 53.8 Å². The van der Waals surface area contributed by atoms with Gasteiger partial charge in [0.05, 0.1) is 36.5 Å². The first kappa shape index (κ1) is 14.1. The van der Waals surface area contributed by atoms with E-state index in [0.29, 0.717) is 12.2 Å². The lowest BCUT2D eigenvalue weighted by Gasteiger charge is -2.23. The second kappa shape index (κ2) is 5.51. The SMILES string of the molecule is CCCC1OCCc2c1[nH]c1c(C)c(CO)cc(C#N)c21. The summed E-state index contributed by atoms with van der Waals surface area (Å²) in [6.07, 6.45) is 2.97. The van der Waals surface area contributed by atoms with Gasteiger partial charge in [0.2, 0.25) is 0 Å². The molecule has 0 saturated carbocycles. The first-order chi connectivity index (χ1) is 10.2. The summed E-state index contributed by atoms with van der Waals surface area (Å²) in [6, 6.07) is 4.10. The normalized spacial score (nSPS) is 17.7. The van der Waals surface area contributed by atoms with E-state index in [4.69, 9.17) is 4.74 Å². The van der Waals surface area contributed by atoms with E-state index in [1.807, 2.05) is 13.0 Å². The number of ether oxygens (including phenoxy) is 1. The Hall–Kier alpha value is -1.83. The predicted octanol–water partition coefficient (Wildman–Crippen LogP) is 3.25. The topological polar surface area (TPSA) is 69.0 Å². The fraction of sp³-hybridized carbons (Fsp3) is 0.471. The van der Waals surface area contributed by atoms with Crippen LogP contribution in [-0.2, 0) is 17.8 Å². The highest BCUT2D eigenvalue weighted by atomic mass is 16.5. The van der Waals surface area contributed by atoms with Crippen LogP contribution in [0, 0.1) is 18.3 Å². The van der Waals surface area contributed by atoms with Crippen LogP contribution >= 0.6 is 0 Å². The number of aromatic nitrogens is 1. The number of aromatic amines is 1. The molecule has 0 bridgehead atoms. The van der Waals surface area contributed by atoms with E-state index in [2.05, 4.69) is 18.0 Å². The van der Waals surface area contributed by atoms with Crippen LogP contribution in [0.25, 0.3) is 10.9 Å². The second-order valence-electron chi connectivity index (χ2n) is 5.64. The van der Waals surface area contributed by atoms with Gasteiger partial charge in [-0.3, -0.25) is 0 Å². The van der Waals surface area contributed by atoms with Gasteiger partial charge in [0, 0.05) is 11.1 Å². The quantitative estimate of drug-likeness (QED) is 0.909. The van der Waals surface area contributed by atoms with Crippen molar-refractivity contribution in [2.75, 3.05) is 6.61 Å². The molecule has 1 aromatic carbocycles. The maximum Gasteiger partial charge on any atom is 0.0998 e. The summed E-state index contributed by atoms with van der Waals surface area (Å²) in [7, 11) is 0. The third-order valence-corrected chi connectivity index (χ3v) is 4.42. The van der Waals surface area contributed by atoms with Crippen molar-refractivity contribution in [3.8, 4) is 6.07 Å². The second-order valence-corrected chi connectivity index (χ2v) is 5.64. The van der Waals surface area contributed by atoms with Gasteiger partial charge in [0.1, 0.15) is 0 Å². The number of nitrogens with zero attached hydrogens (tertiary/aromatic N) is 1. The first-order valence-electron chi connectivity index (χ1n) is 7.50. The lowest BCUT2D eigenvalue weighted by molar-refractivity contribution is 0.0339. The lowest BCUT2D eigenvalue weighted by Crippen LogP contribution is -2.15. The summed E-state index contributed by atoms with van der Waals surface area (Å²) in [5.74, 6) is 0. The molecule has 4 nitrogen and oxygen atoms in total. The molecule has 2 N–H and O–H groups in total. The minimum Gasteiger partial charge on any atom is -0.392 e. The van der Waals surface area contributed by atoms with Gasteiger partial charge < -0.3 is 14.8 Å². The molecule has 1 unspecified atom stereocenters. The predicted molar refractivity (Wildman–Crippen MR) is 81.0 cm³/mol. The van der Waals surface area contributed by atoms with E-state index in [0.717, 1.165) is 47.0 Å². The summed E-state index contributed by atoms with van der Waals surface area (Å²) in [4.78, 5) is 3.48. The summed E-state index contributed by atoms with van der Waals surface area (Å²) in [5.41, 5.74) is 5.80. The fourth-order valence-electron chi connectivity index (χ4n) is 3.32. The molecule has 0 spiro atoms. The maximum atomic E-state index is 9.49. The van der Waals surface area contributed by atoms with Crippen LogP contribution in [0.15, 0.2) is 6.07 Å². The van der Waals surface area contributed by atoms with Crippen molar-refractivity contribution in [2.24, 2.45) is 0 Å². The first-order valence-corrected chi connectivity index (χ1v) is 7.50. The van der Waals surface area contributed by atoms with E-state index in [1.165, 1.54) is 5.56 Å². The Kier molecular flexibility index (Phi) is 3.71. The van der Waals surface area contributed by atoms with Crippen LogP contribution < -0.4 is 0 Å². The molecule has 2 aromatic rings. The van der Waals surface area contributed by atoms with E-state index < -0.39 is 0 Å². The van der Waals surface area contributed by atoms with Crippen LogP contribution in [0.3, 0.4) is 0 Å². The van der Waals surface area contributed by atoms with Gasteiger partial charge in [-0.2, -0.15) is 5.26 Å². The molecule has 3 rings (SSSR count). The Balaban J connectivity index is 2.30. The van der Waals surface area contributed by atoms with Crippen molar-refractivity contribution in [2.45, 2.75) is 45.8 Å². The van der Waals surface area contributed by atoms with Crippen molar-refractivity contribution in [3.63, 3.8) is 0 Å². The van der Waals surface area contributed by atoms with E-state index in [9.17, 15) is 10.4 Å². The molecule has 0 saturated heterocycles. The molecule has 0 amide bonds. The molecular weight excluding hydrogens is 264 g/mol. The number of nitrogens with one attached hydrogen (secondary N) is 1. The van der Waals surface area contributed by atoms with Gasteiger partial charge in [-0.15, -0.1) is 0 Å². The number of aryl methyl sites for hydroxylation is 1. The van der Waals surface area contributed by atoms with Crippen LogP contribution in [0.4, 0.5) is 0 Å². The number of nitriles is 1. The van der Waals surface area contributed by atoms with E-state index >= 15 is 0 Å². The van der Waals surface area contributed by atoms with Gasteiger partial charge in [-0.05, 0) is 42.5 Å². The van der Waals surface area contributed by atoms with Gasteiger partial charge in [-0.1, -0.05) is 13.3 Å². The molecule has 1 aliphatic rings. The van der Waals surface area contributed by atoms with Crippen molar-refractivity contribution in [3.05, 3.63) is 34.0 Å². The highest BCUT2D eigenvalue weighted by Crippen LogP contribution is 2.38. The molecule has 1 atom stereocenters. The summed E-state index contributed by atoms with van der Waals surface area (Å²) in [5, 5.41) is 20.0. The molecule has 0 radical (unpaired) electrons. The third kappa shape index (κ3) is 2.14. The average Bonchev–Trinajstić information content (AvgIpc) is 2.90. The smallest absolute Gasteiger partial charge is 0.0998 e. The zero-order valence-corrected chi connectivity index (χ0v) is 12.5. The van der Waals surface area contributed by atoms with Crippen LogP contribution in [0.5, 0.6) is 0 Å². The van der Waals surface area contributed by atoms with Crippen LogP contribution in [-0.4, -0.2) is 16.7 Å². The monoisotopic (exact) mass is 284 g/mol. The van der Waals surface area contributed by atoms with Gasteiger partial charge in [0.25, 0.3) is 0 Å². The Morgan fingerprint density at radius 3 is 3.00 bits per heavy atom. The molecule has 2 heterocycles. The van der Waals surface area contributed by atoms with Gasteiger partial charge in [-0.25, -0.2) is 0 Å². The van der Waals surface area contributed by atoms with Crippen molar-refractivity contribution in [1.29, 1.82) is 5.26 Å². The zero-order valence-electron chi connectivity index (χ0n) is 12.5. The van der Waals surface area contributed by atoms with Gasteiger partial charge in [0.15, 0.2) is 0 Å². The maximum absolute atomic E-state index is 9.49. The highest BCUT2D eigenvalue weighted by molar-refractivity contribution is 5.93. The highest BCUT2D eigenvalue weighted by Gasteiger charge is 2.26. The number of H-pyrrole nitrogens is 1. The lowest BCUT2D eigenvalue weighted by atomic mass is 9.95. The zero-order chi connectivity index (χ0) is 15.0. The molecule has 0 fully saturated rings. The number of hydrogen-bond acceptors (Lipinski definition) is 3. The van der Waals surface area contributed by atoms with Crippen LogP contribution in [0.2, 0.25) is 0 Å². The molecule has 21 heavy (non-hydrogen) atoms. The Morgan fingerprint density at radius 2 is 2.33 bits per heavy atom. The summed E-state index contributed by atoms with van der Waals surface area (Å²) < 4.78 is 5.88. The molecular formula is C17H20N2O2. The number of aliphatic hydroxyl groups excluding tert-OH is 1. The minimum absolute atomic E-state index is 0.0466. The van der Waals surface area contributed by atoms with Gasteiger partial charge >= 0.3 is 0 Å². The minimum atomic E-state index is -0.0466. The molecule has 1 aromatic heterocycles. The summed E-state index contributed by atoms with van der Waals surface area (Å²) >= 11 is 0. The van der Waals surface area contributed by atoms with Crippen molar-refractivity contribution < 1.29 is 9.84 Å². The number of benzene rings is 1. The van der Waals surface area contributed by atoms with E-state index in [-0.39, 0.29) is 12.7 Å². The van der Waals surface area contributed by atoms with E-state index in [1.54, 1.807) is 0 Å². The Labute approximate surface area is 124 Å². The largest absolute Gasteiger partial charge is 0.392 e. The number of fused-ring (bicyclic) bond motifs is 3. The number of hydrogen-bond donors (Lipinski definition) is 2. The molecule has 0 aliphatic carbocycles. The standard InChI is InChI=1S/C17H20N2O2/c1-3-4-14-17-13(5-6-21-14)15-11(8-18)7-12(9-20)10(2)16(15)19-17/h7,14,19-20H,3-6,9H2,1-2H3. The molecule has 110 valence electrons. The number of aliphatic hydroxyl groups is 1. The Morgan fingerprint density at radius 1 is 1.52 bits per heavy atom.